The lowest BCUT2D eigenvalue weighted by Gasteiger charge is -2.32. The van der Waals surface area contributed by atoms with Crippen molar-refractivity contribution >= 4 is 27.9 Å². The van der Waals surface area contributed by atoms with E-state index in [0.29, 0.717) is 4.47 Å². The molecule has 2 rings (SSSR count). The van der Waals surface area contributed by atoms with E-state index < -0.39 is 23.1 Å². The predicted molar refractivity (Wildman–Crippen MR) is 96.9 cm³/mol. The number of nitrogens with one attached hydrogen (secondary N) is 2. The van der Waals surface area contributed by atoms with Gasteiger partial charge in [-0.05, 0) is 80.6 Å². The van der Waals surface area contributed by atoms with Gasteiger partial charge < -0.3 is 15.4 Å². The molecule has 2 amide bonds. The fourth-order valence-corrected chi connectivity index (χ4v) is 2.80. The molecule has 0 spiro atoms. The minimum atomic E-state index is -0.614. The van der Waals surface area contributed by atoms with Gasteiger partial charge in [0.05, 0.1) is 10.0 Å². The second-order valence-electron chi connectivity index (χ2n) is 7.63. The number of halogens is 2. The quantitative estimate of drug-likeness (QED) is 0.764. The van der Waals surface area contributed by atoms with Crippen LogP contribution in [-0.2, 0) is 4.74 Å². The molecule has 1 fully saturated rings. The number of rotatable bonds is 5. The third-order valence-corrected chi connectivity index (χ3v) is 4.70. The van der Waals surface area contributed by atoms with Crippen LogP contribution >= 0.6 is 15.9 Å². The zero-order valence-corrected chi connectivity index (χ0v) is 16.5. The van der Waals surface area contributed by atoms with E-state index in [-0.39, 0.29) is 23.9 Å². The van der Waals surface area contributed by atoms with Crippen LogP contribution in [0.5, 0.6) is 0 Å². The van der Waals surface area contributed by atoms with Crippen molar-refractivity contribution in [1.82, 2.24) is 10.6 Å². The molecular weight excluding hydrogens is 391 g/mol. The Morgan fingerprint density at radius 1 is 1.28 bits per heavy atom. The highest BCUT2D eigenvalue weighted by Gasteiger charge is 2.43. The minimum absolute atomic E-state index is 0.241. The van der Waals surface area contributed by atoms with Gasteiger partial charge in [-0.15, -0.1) is 0 Å². The fourth-order valence-electron chi connectivity index (χ4n) is 2.55. The maximum Gasteiger partial charge on any atom is 0.407 e. The summed E-state index contributed by atoms with van der Waals surface area (Å²) >= 11 is 3.07. The van der Waals surface area contributed by atoms with E-state index in [2.05, 4.69) is 26.6 Å². The van der Waals surface area contributed by atoms with Crippen molar-refractivity contribution in [3.8, 4) is 0 Å². The Morgan fingerprint density at radius 2 is 1.92 bits per heavy atom. The van der Waals surface area contributed by atoms with Crippen molar-refractivity contribution in [1.29, 1.82) is 0 Å². The number of hydrogen-bond donors (Lipinski definition) is 2. The van der Waals surface area contributed by atoms with Crippen LogP contribution in [0, 0.1) is 11.7 Å². The van der Waals surface area contributed by atoms with Gasteiger partial charge in [0.25, 0.3) is 5.91 Å². The van der Waals surface area contributed by atoms with Crippen molar-refractivity contribution in [2.24, 2.45) is 5.92 Å². The summed E-state index contributed by atoms with van der Waals surface area (Å²) in [6.07, 6.45) is 1.42. The lowest BCUT2D eigenvalue weighted by Crippen LogP contribution is -2.55. The highest BCUT2D eigenvalue weighted by atomic mass is 79.9. The average molecular weight is 415 g/mol. The zero-order valence-electron chi connectivity index (χ0n) is 14.9. The topological polar surface area (TPSA) is 67.4 Å². The molecule has 1 aliphatic carbocycles. The first-order chi connectivity index (χ1) is 11.5. The van der Waals surface area contributed by atoms with Crippen molar-refractivity contribution in [2.45, 2.75) is 51.7 Å². The molecule has 5 nitrogen and oxygen atoms in total. The van der Waals surface area contributed by atoms with E-state index >= 15 is 0 Å². The summed E-state index contributed by atoms with van der Waals surface area (Å²) in [5.41, 5.74) is -0.958. The van der Waals surface area contributed by atoms with Gasteiger partial charge >= 0.3 is 6.09 Å². The number of carbonyl (C=O) groups is 2. The summed E-state index contributed by atoms with van der Waals surface area (Å²) < 4.78 is 19.2. The standard InChI is InChI=1S/C18H24BrFN2O3/c1-17(2,3)25-16(24)21-10-18(4,12-6-7-12)22-15(23)11-5-8-13(19)14(20)9-11/h5,8-9,12H,6-7,10H2,1-4H3,(H,21,24)(H,22,23). The maximum atomic E-state index is 13.7. The summed E-state index contributed by atoms with van der Waals surface area (Å²) in [5, 5.41) is 5.67. The van der Waals surface area contributed by atoms with Crippen molar-refractivity contribution in [3.63, 3.8) is 0 Å². The van der Waals surface area contributed by atoms with Crippen LogP contribution < -0.4 is 10.6 Å². The Balaban J connectivity index is 2.02. The first kappa shape index (κ1) is 19.7. The monoisotopic (exact) mass is 414 g/mol. The first-order valence-corrected chi connectivity index (χ1v) is 9.04. The van der Waals surface area contributed by atoms with E-state index in [9.17, 15) is 14.0 Å². The van der Waals surface area contributed by atoms with E-state index in [1.165, 1.54) is 12.1 Å². The molecule has 1 aromatic rings. The number of hydrogen-bond acceptors (Lipinski definition) is 3. The molecule has 1 saturated carbocycles. The Bertz CT molecular complexity index is 671. The number of alkyl carbamates (subject to hydrolysis) is 1. The second kappa shape index (κ2) is 7.32. The number of ether oxygens (including phenoxy) is 1. The van der Waals surface area contributed by atoms with Gasteiger partial charge in [-0.2, -0.15) is 0 Å². The Labute approximate surface area is 155 Å². The smallest absolute Gasteiger partial charge is 0.407 e. The van der Waals surface area contributed by atoms with Gasteiger partial charge in [0.15, 0.2) is 0 Å². The predicted octanol–water partition coefficient (Wildman–Crippen LogP) is 4.01. The van der Waals surface area contributed by atoms with Crippen LogP contribution in [0.15, 0.2) is 22.7 Å². The van der Waals surface area contributed by atoms with Crippen molar-refractivity contribution < 1.29 is 18.7 Å². The molecule has 0 aromatic heterocycles. The largest absolute Gasteiger partial charge is 0.444 e. The molecule has 138 valence electrons. The second-order valence-corrected chi connectivity index (χ2v) is 8.48. The molecule has 1 aliphatic rings. The SMILES string of the molecule is CC(C)(C)OC(=O)NCC(C)(NC(=O)c1ccc(Br)c(F)c1)C1CC1. The van der Waals surface area contributed by atoms with Crippen LogP contribution in [0.25, 0.3) is 0 Å². The molecule has 0 saturated heterocycles. The molecule has 2 N–H and O–H groups in total. The van der Waals surface area contributed by atoms with Crippen molar-refractivity contribution in [3.05, 3.63) is 34.1 Å². The molecule has 7 heteroatoms. The highest BCUT2D eigenvalue weighted by Crippen LogP contribution is 2.39. The van der Waals surface area contributed by atoms with Gasteiger partial charge in [0.2, 0.25) is 0 Å². The van der Waals surface area contributed by atoms with Crippen LogP contribution in [0.3, 0.4) is 0 Å². The molecule has 0 aliphatic heterocycles. The van der Waals surface area contributed by atoms with Gasteiger partial charge in [-0.1, -0.05) is 0 Å². The number of amides is 2. The van der Waals surface area contributed by atoms with E-state index in [1.807, 2.05) is 6.92 Å². The lowest BCUT2D eigenvalue weighted by molar-refractivity contribution is 0.0502. The summed E-state index contributed by atoms with van der Waals surface area (Å²) in [6, 6.07) is 4.24. The highest BCUT2D eigenvalue weighted by molar-refractivity contribution is 9.10. The fraction of sp³-hybridized carbons (Fsp3) is 0.556. The van der Waals surface area contributed by atoms with Crippen LogP contribution in [0.1, 0.15) is 50.9 Å². The summed E-state index contributed by atoms with van der Waals surface area (Å²) in [4.78, 5) is 24.4. The maximum absolute atomic E-state index is 13.7. The molecule has 1 aromatic carbocycles. The normalized spacial score (nSPS) is 16.7. The van der Waals surface area contributed by atoms with E-state index in [4.69, 9.17) is 4.74 Å². The Hall–Kier alpha value is -1.63. The van der Waals surface area contributed by atoms with Crippen LogP contribution in [0.4, 0.5) is 9.18 Å². The summed E-state index contributed by atoms with van der Waals surface area (Å²) in [5.74, 6) is -0.592. The molecule has 1 atom stereocenters. The number of carbonyl (C=O) groups excluding carboxylic acids is 2. The molecular formula is C18H24BrFN2O3. The molecule has 0 heterocycles. The third-order valence-electron chi connectivity index (χ3n) is 4.06. The summed E-state index contributed by atoms with van der Waals surface area (Å²) in [6.45, 7) is 7.50. The molecule has 0 radical (unpaired) electrons. The van der Waals surface area contributed by atoms with Crippen molar-refractivity contribution in [2.75, 3.05) is 6.54 Å². The Morgan fingerprint density at radius 3 is 2.44 bits per heavy atom. The van der Waals surface area contributed by atoms with Gasteiger partial charge in [0, 0.05) is 12.1 Å². The zero-order chi connectivity index (χ0) is 18.8. The van der Waals surface area contributed by atoms with Crippen LogP contribution in [-0.4, -0.2) is 29.7 Å². The minimum Gasteiger partial charge on any atom is -0.444 e. The van der Waals surface area contributed by atoms with E-state index in [1.54, 1.807) is 26.8 Å². The molecule has 1 unspecified atom stereocenters. The first-order valence-electron chi connectivity index (χ1n) is 8.24. The lowest BCUT2D eigenvalue weighted by atomic mass is 9.95. The van der Waals surface area contributed by atoms with Gasteiger partial charge in [-0.3, -0.25) is 4.79 Å². The summed E-state index contributed by atoms with van der Waals surface area (Å²) in [7, 11) is 0. The van der Waals surface area contributed by atoms with Gasteiger partial charge in [-0.25, -0.2) is 9.18 Å². The van der Waals surface area contributed by atoms with Crippen LogP contribution in [0.2, 0.25) is 0 Å². The van der Waals surface area contributed by atoms with Gasteiger partial charge in [0.1, 0.15) is 11.4 Å². The average Bonchev–Trinajstić information content (AvgIpc) is 3.31. The Kier molecular flexibility index (Phi) is 5.76. The third kappa shape index (κ3) is 5.70. The molecule has 25 heavy (non-hydrogen) atoms. The number of benzene rings is 1. The van der Waals surface area contributed by atoms with E-state index in [0.717, 1.165) is 12.8 Å². The molecule has 0 bridgehead atoms.